The molecule has 1 amide bonds. The van der Waals surface area contributed by atoms with E-state index in [0.29, 0.717) is 26.9 Å². The first kappa shape index (κ1) is 28.7. The molecule has 0 aliphatic heterocycles. The van der Waals surface area contributed by atoms with E-state index in [4.69, 9.17) is 9.47 Å². The maximum atomic E-state index is 13.4. The van der Waals surface area contributed by atoms with Crippen molar-refractivity contribution in [2.75, 3.05) is 7.11 Å². The molecule has 10 nitrogen and oxygen atoms in total. The predicted octanol–water partition coefficient (Wildman–Crippen LogP) is 7.26. The van der Waals surface area contributed by atoms with Gasteiger partial charge in [-0.2, -0.15) is 5.10 Å². The number of aromatic amines is 1. The summed E-state index contributed by atoms with van der Waals surface area (Å²) in [4.78, 5) is 39.7. The van der Waals surface area contributed by atoms with Crippen LogP contribution in [0.5, 0.6) is 11.5 Å². The second kappa shape index (κ2) is 12.4. The van der Waals surface area contributed by atoms with E-state index >= 15 is 0 Å². The van der Waals surface area contributed by atoms with Crippen molar-refractivity contribution in [3.8, 4) is 22.6 Å². The standard InChI is InChI=1S/C30H20Br2N4O6/c1-41-24-14-12-22(32)26-25(17-5-3-2-4-6-17)28(34-27(24)26)29(37)35-33-16-19-15-20(31)9-13-23(19)42-30(38)18-7-10-21(11-8-18)36(39)40/h2-16,34H,1H3,(H,35,37). The Kier molecular flexibility index (Phi) is 8.46. The summed E-state index contributed by atoms with van der Waals surface area (Å²) in [5.74, 6) is -0.476. The van der Waals surface area contributed by atoms with Crippen molar-refractivity contribution in [3.05, 3.63) is 121 Å². The molecule has 0 saturated heterocycles. The second-order valence-corrected chi connectivity index (χ2v) is 10.6. The number of rotatable bonds is 8. The fourth-order valence-corrected chi connectivity index (χ4v) is 5.19. The number of hydrogen-bond donors (Lipinski definition) is 2. The largest absolute Gasteiger partial charge is 0.495 e. The first-order valence-corrected chi connectivity index (χ1v) is 13.9. The molecule has 0 radical (unpaired) electrons. The molecule has 0 fully saturated rings. The number of nitro groups is 1. The van der Waals surface area contributed by atoms with Crippen LogP contribution >= 0.6 is 31.9 Å². The lowest BCUT2D eigenvalue weighted by atomic mass is 10.0. The van der Waals surface area contributed by atoms with Gasteiger partial charge in [0.1, 0.15) is 17.2 Å². The van der Waals surface area contributed by atoms with Gasteiger partial charge in [-0.15, -0.1) is 0 Å². The molecule has 0 bridgehead atoms. The molecule has 210 valence electrons. The number of carbonyl (C=O) groups excluding carboxylic acids is 2. The Morgan fingerprint density at radius 1 is 0.976 bits per heavy atom. The van der Waals surface area contributed by atoms with Crippen molar-refractivity contribution in [2.45, 2.75) is 0 Å². The van der Waals surface area contributed by atoms with Gasteiger partial charge in [0.05, 0.1) is 29.3 Å². The van der Waals surface area contributed by atoms with Crippen LogP contribution in [0.15, 0.2) is 99.0 Å². The predicted molar refractivity (Wildman–Crippen MR) is 165 cm³/mol. The van der Waals surface area contributed by atoms with Crippen LogP contribution in [0.4, 0.5) is 5.69 Å². The highest BCUT2D eigenvalue weighted by molar-refractivity contribution is 9.11. The number of nitrogens with one attached hydrogen (secondary N) is 2. The molecule has 0 saturated carbocycles. The van der Waals surface area contributed by atoms with Gasteiger partial charge in [0, 0.05) is 37.6 Å². The first-order chi connectivity index (χ1) is 20.3. The molecule has 2 N–H and O–H groups in total. The maximum Gasteiger partial charge on any atom is 0.343 e. The maximum absolute atomic E-state index is 13.4. The molecule has 0 aliphatic carbocycles. The SMILES string of the molecule is COc1ccc(Br)c2c(-c3ccccc3)c(C(=O)NN=Cc3cc(Br)ccc3OC(=O)c3ccc([N+](=O)[O-])cc3)[nH]c12. The number of aromatic nitrogens is 1. The summed E-state index contributed by atoms with van der Waals surface area (Å²) in [5.41, 5.74) is 5.34. The molecule has 1 heterocycles. The van der Waals surface area contributed by atoms with E-state index in [-0.39, 0.29) is 22.7 Å². The average molecular weight is 692 g/mol. The van der Waals surface area contributed by atoms with Crippen LogP contribution in [-0.2, 0) is 0 Å². The second-order valence-electron chi connectivity index (χ2n) is 8.82. The summed E-state index contributed by atoms with van der Waals surface area (Å²) in [5, 5.41) is 15.8. The highest BCUT2D eigenvalue weighted by Gasteiger charge is 2.23. The lowest BCUT2D eigenvalue weighted by molar-refractivity contribution is -0.384. The summed E-state index contributed by atoms with van der Waals surface area (Å²) < 4.78 is 12.5. The molecule has 0 unspecified atom stereocenters. The van der Waals surface area contributed by atoms with E-state index in [2.05, 4.69) is 47.4 Å². The fourth-order valence-electron chi connectivity index (χ4n) is 4.28. The van der Waals surface area contributed by atoms with Crippen molar-refractivity contribution < 1.29 is 24.0 Å². The highest BCUT2D eigenvalue weighted by Crippen LogP contribution is 2.40. The molecular weight excluding hydrogens is 672 g/mol. The quantitative estimate of drug-likeness (QED) is 0.0578. The average Bonchev–Trinajstić information content (AvgIpc) is 3.41. The van der Waals surface area contributed by atoms with Crippen molar-refractivity contribution in [1.29, 1.82) is 0 Å². The third-order valence-corrected chi connectivity index (χ3v) is 7.39. The highest BCUT2D eigenvalue weighted by atomic mass is 79.9. The molecule has 0 aliphatic rings. The minimum atomic E-state index is -0.712. The lowest BCUT2D eigenvalue weighted by Crippen LogP contribution is -2.19. The van der Waals surface area contributed by atoms with Gasteiger partial charge in [0.15, 0.2) is 0 Å². The van der Waals surface area contributed by atoms with Gasteiger partial charge >= 0.3 is 5.97 Å². The summed E-state index contributed by atoms with van der Waals surface area (Å²) in [6, 6.07) is 23.1. The van der Waals surface area contributed by atoms with Crippen molar-refractivity contribution >= 4 is 66.5 Å². The molecule has 1 aromatic heterocycles. The summed E-state index contributed by atoms with van der Waals surface area (Å²) >= 11 is 6.99. The summed E-state index contributed by atoms with van der Waals surface area (Å²) in [6.45, 7) is 0. The Labute approximate surface area is 255 Å². The molecule has 42 heavy (non-hydrogen) atoms. The van der Waals surface area contributed by atoms with Gasteiger partial charge in [0.25, 0.3) is 11.6 Å². The van der Waals surface area contributed by atoms with Crippen LogP contribution in [0.3, 0.4) is 0 Å². The number of esters is 1. The number of hydrazone groups is 1. The third-order valence-electron chi connectivity index (χ3n) is 6.23. The van der Waals surface area contributed by atoms with Gasteiger partial charge < -0.3 is 14.5 Å². The Balaban J connectivity index is 1.43. The summed E-state index contributed by atoms with van der Waals surface area (Å²) in [6.07, 6.45) is 1.35. The third kappa shape index (κ3) is 5.94. The number of carbonyl (C=O) groups is 2. The van der Waals surface area contributed by atoms with Gasteiger partial charge in [0.2, 0.25) is 0 Å². The normalized spacial score (nSPS) is 11.0. The number of nitrogens with zero attached hydrogens (tertiary/aromatic N) is 2. The number of fused-ring (bicyclic) bond motifs is 1. The molecule has 12 heteroatoms. The van der Waals surface area contributed by atoms with Crippen LogP contribution in [0.1, 0.15) is 26.4 Å². The lowest BCUT2D eigenvalue weighted by Gasteiger charge is -2.08. The molecule has 0 atom stereocenters. The number of amides is 1. The van der Waals surface area contributed by atoms with E-state index in [0.717, 1.165) is 15.4 Å². The van der Waals surface area contributed by atoms with Crippen molar-refractivity contribution in [1.82, 2.24) is 10.4 Å². The zero-order chi connectivity index (χ0) is 29.8. The molecule has 4 aromatic carbocycles. The van der Waals surface area contributed by atoms with Crippen LogP contribution in [0.2, 0.25) is 0 Å². The van der Waals surface area contributed by atoms with Gasteiger partial charge in [-0.1, -0.05) is 62.2 Å². The van der Waals surface area contributed by atoms with Crippen molar-refractivity contribution in [3.63, 3.8) is 0 Å². The Morgan fingerprint density at radius 3 is 2.38 bits per heavy atom. The monoisotopic (exact) mass is 690 g/mol. The smallest absolute Gasteiger partial charge is 0.343 e. The number of non-ortho nitro benzene ring substituents is 1. The van der Waals surface area contributed by atoms with Gasteiger partial charge in [-0.25, -0.2) is 10.2 Å². The Morgan fingerprint density at radius 2 is 1.69 bits per heavy atom. The van der Waals surface area contributed by atoms with Crippen molar-refractivity contribution in [2.24, 2.45) is 5.10 Å². The van der Waals surface area contributed by atoms with E-state index in [1.807, 2.05) is 36.4 Å². The van der Waals surface area contributed by atoms with Crippen LogP contribution in [-0.4, -0.2) is 35.1 Å². The zero-order valence-electron chi connectivity index (χ0n) is 21.8. The number of ether oxygens (including phenoxy) is 2. The Hall–Kier alpha value is -4.81. The zero-order valence-corrected chi connectivity index (χ0v) is 24.9. The van der Waals surface area contributed by atoms with Crippen LogP contribution in [0.25, 0.3) is 22.0 Å². The molecular formula is C30H20Br2N4O6. The Bertz CT molecular complexity index is 1850. The fraction of sp³-hybridized carbons (Fsp3) is 0.0333. The van der Waals surface area contributed by atoms with E-state index in [1.165, 1.54) is 30.5 Å². The van der Waals surface area contributed by atoms with Crippen LogP contribution < -0.4 is 14.9 Å². The first-order valence-electron chi connectivity index (χ1n) is 12.3. The number of nitro benzene ring substituents is 1. The number of methoxy groups -OCH3 is 1. The van der Waals surface area contributed by atoms with E-state index in [9.17, 15) is 19.7 Å². The minimum Gasteiger partial charge on any atom is -0.495 e. The van der Waals surface area contributed by atoms with Gasteiger partial charge in [-0.05, 0) is 48.0 Å². The molecule has 5 aromatic rings. The summed E-state index contributed by atoms with van der Waals surface area (Å²) in [7, 11) is 1.56. The molecule has 0 spiro atoms. The minimum absolute atomic E-state index is 0.133. The number of benzene rings is 4. The number of halogens is 2. The van der Waals surface area contributed by atoms with Gasteiger partial charge in [-0.3, -0.25) is 14.9 Å². The van der Waals surface area contributed by atoms with E-state index < -0.39 is 16.8 Å². The van der Waals surface area contributed by atoms with E-state index in [1.54, 1.807) is 31.4 Å². The number of hydrogen-bond acceptors (Lipinski definition) is 7. The van der Waals surface area contributed by atoms with Crippen LogP contribution in [0, 0.1) is 10.1 Å². The topological polar surface area (TPSA) is 136 Å². The number of H-pyrrole nitrogens is 1. The molecule has 5 rings (SSSR count).